The van der Waals surface area contributed by atoms with Crippen molar-refractivity contribution in [2.45, 2.75) is 64.1 Å². The summed E-state index contributed by atoms with van der Waals surface area (Å²) < 4.78 is 11.6. The van der Waals surface area contributed by atoms with E-state index in [4.69, 9.17) is 15.2 Å². The molecule has 0 aromatic heterocycles. The van der Waals surface area contributed by atoms with Crippen molar-refractivity contribution < 1.29 is 14.3 Å². The summed E-state index contributed by atoms with van der Waals surface area (Å²) in [5.74, 6) is 2.87. The van der Waals surface area contributed by atoms with Gasteiger partial charge >= 0.3 is 6.09 Å². The normalized spacial score (nSPS) is 31.9. The summed E-state index contributed by atoms with van der Waals surface area (Å²) in [5, 5.41) is 0. The minimum Gasteiger partial charge on any atom is -0.489 e. The highest BCUT2D eigenvalue weighted by molar-refractivity contribution is 5.65. The van der Waals surface area contributed by atoms with Crippen molar-refractivity contribution in [3.05, 3.63) is 65.2 Å². The number of carbonyl (C=O) groups excluding carboxylic acids is 1. The highest BCUT2D eigenvalue weighted by Crippen LogP contribution is 2.61. The maximum atomic E-state index is 11.4. The third-order valence-corrected chi connectivity index (χ3v) is 8.12. The third kappa shape index (κ3) is 3.36. The SMILES string of the molecule is C[C@]12CC[C@@H]3c4ccc(OCc5ccccc5)cc4CC[C@H]3[C@@H]1CC[C@@H]2OC(N)=O. The predicted molar refractivity (Wildman–Crippen MR) is 116 cm³/mol. The van der Waals surface area contributed by atoms with E-state index in [9.17, 15) is 4.79 Å². The van der Waals surface area contributed by atoms with Gasteiger partial charge in [-0.3, -0.25) is 0 Å². The van der Waals surface area contributed by atoms with Crippen LogP contribution in [0.25, 0.3) is 0 Å². The van der Waals surface area contributed by atoms with Crippen LogP contribution in [0.15, 0.2) is 48.5 Å². The minimum atomic E-state index is -0.624. The Morgan fingerprint density at radius 2 is 1.93 bits per heavy atom. The number of fused-ring (bicyclic) bond motifs is 5. The molecule has 0 bridgehead atoms. The molecule has 0 saturated heterocycles. The summed E-state index contributed by atoms with van der Waals surface area (Å²) in [4.78, 5) is 11.4. The minimum absolute atomic E-state index is 0.0175. The van der Waals surface area contributed by atoms with Gasteiger partial charge < -0.3 is 15.2 Å². The van der Waals surface area contributed by atoms with Crippen LogP contribution >= 0.6 is 0 Å². The molecule has 2 fully saturated rings. The van der Waals surface area contributed by atoms with Crippen molar-refractivity contribution >= 4 is 6.09 Å². The van der Waals surface area contributed by atoms with Crippen LogP contribution in [0.2, 0.25) is 0 Å². The zero-order valence-corrected chi connectivity index (χ0v) is 17.7. The number of hydrogen-bond acceptors (Lipinski definition) is 3. The topological polar surface area (TPSA) is 61.6 Å². The van der Waals surface area contributed by atoms with Crippen molar-refractivity contribution in [3.63, 3.8) is 0 Å². The van der Waals surface area contributed by atoms with Crippen molar-refractivity contribution in [3.8, 4) is 5.75 Å². The number of ether oxygens (including phenoxy) is 2. The fraction of sp³-hybridized carbons (Fsp3) is 0.500. The largest absolute Gasteiger partial charge is 0.489 e. The zero-order valence-electron chi connectivity index (χ0n) is 17.7. The number of aryl methyl sites for hydroxylation is 1. The molecule has 2 N–H and O–H groups in total. The average molecular weight is 406 g/mol. The number of benzene rings is 2. The number of amides is 1. The number of carbonyl (C=O) groups is 1. The van der Waals surface area contributed by atoms with Crippen LogP contribution in [-0.2, 0) is 17.8 Å². The number of rotatable bonds is 4. The van der Waals surface area contributed by atoms with E-state index in [1.165, 1.54) is 23.1 Å². The Morgan fingerprint density at radius 3 is 2.73 bits per heavy atom. The lowest BCUT2D eigenvalue weighted by molar-refractivity contribution is -0.0291. The Hall–Kier alpha value is -2.49. The van der Waals surface area contributed by atoms with Crippen LogP contribution in [0.4, 0.5) is 4.79 Å². The van der Waals surface area contributed by atoms with Gasteiger partial charge in [0.05, 0.1) is 0 Å². The van der Waals surface area contributed by atoms with Gasteiger partial charge in [0.15, 0.2) is 0 Å². The van der Waals surface area contributed by atoms with E-state index in [0.29, 0.717) is 24.4 Å². The van der Waals surface area contributed by atoms with Crippen LogP contribution in [0.3, 0.4) is 0 Å². The van der Waals surface area contributed by atoms with Gasteiger partial charge in [-0.15, -0.1) is 0 Å². The van der Waals surface area contributed by atoms with Crippen LogP contribution in [0.5, 0.6) is 5.75 Å². The first kappa shape index (κ1) is 19.5. The molecule has 4 nitrogen and oxygen atoms in total. The molecule has 0 unspecified atom stereocenters. The van der Waals surface area contributed by atoms with Crippen molar-refractivity contribution in [2.24, 2.45) is 23.0 Å². The van der Waals surface area contributed by atoms with Gasteiger partial charge in [0.1, 0.15) is 18.5 Å². The molecule has 5 atom stereocenters. The van der Waals surface area contributed by atoms with Gasteiger partial charge in [0.25, 0.3) is 0 Å². The lowest BCUT2D eigenvalue weighted by Crippen LogP contribution is -2.45. The van der Waals surface area contributed by atoms with Crippen molar-refractivity contribution in [2.75, 3.05) is 0 Å². The smallest absolute Gasteiger partial charge is 0.404 e. The van der Waals surface area contributed by atoms with E-state index in [1.54, 1.807) is 0 Å². The first-order valence-corrected chi connectivity index (χ1v) is 11.3. The van der Waals surface area contributed by atoms with Gasteiger partial charge in [-0.25, -0.2) is 4.79 Å². The molecule has 158 valence electrons. The van der Waals surface area contributed by atoms with E-state index in [-0.39, 0.29) is 11.5 Å². The molecular formula is C26H31NO3. The first-order valence-electron chi connectivity index (χ1n) is 11.3. The second-order valence-corrected chi connectivity index (χ2v) is 9.60. The number of hydrogen-bond donors (Lipinski definition) is 1. The summed E-state index contributed by atoms with van der Waals surface area (Å²) >= 11 is 0. The Labute approximate surface area is 178 Å². The van der Waals surface area contributed by atoms with Crippen molar-refractivity contribution in [1.29, 1.82) is 0 Å². The number of nitrogens with two attached hydrogens (primary N) is 1. The highest BCUT2D eigenvalue weighted by Gasteiger charge is 2.56. The first-order chi connectivity index (χ1) is 14.5. The van der Waals surface area contributed by atoms with Crippen LogP contribution in [0, 0.1) is 17.3 Å². The quantitative estimate of drug-likeness (QED) is 0.722. The Balaban J connectivity index is 1.32. The third-order valence-electron chi connectivity index (χ3n) is 8.12. The monoisotopic (exact) mass is 405 g/mol. The molecule has 0 aliphatic heterocycles. The fourth-order valence-corrected chi connectivity index (χ4v) is 6.68. The molecule has 4 heteroatoms. The maximum Gasteiger partial charge on any atom is 0.404 e. The summed E-state index contributed by atoms with van der Waals surface area (Å²) in [6, 6.07) is 17.0. The van der Waals surface area contributed by atoms with Gasteiger partial charge in [-0.1, -0.05) is 43.3 Å². The Morgan fingerprint density at radius 1 is 1.10 bits per heavy atom. The zero-order chi connectivity index (χ0) is 20.7. The van der Waals surface area contributed by atoms with Crippen LogP contribution in [0.1, 0.15) is 61.6 Å². The van der Waals surface area contributed by atoms with E-state index in [1.807, 2.05) is 18.2 Å². The standard InChI is InChI=1S/C26H31NO3/c1-26-14-13-21-20-10-8-19(29-16-17-5-3-2-4-6-17)15-18(20)7-9-22(21)23(26)11-12-24(26)30-25(27)28/h2-6,8,10,15,21-24H,7,9,11-14,16H2,1H3,(H2,27,28)/t21-,22-,23+,24+,26+/m1/s1. The number of primary amides is 1. The molecule has 3 aliphatic carbocycles. The second-order valence-electron chi connectivity index (χ2n) is 9.60. The second kappa shape index (κ2) is 7.64. The Bertz CT molecular complexity index is 927. The molecular weight excluding hydrogens is 374 g/mol. The molecule has 3 aliphatic rings. The van der Waals surface area contributed by atoms with Gasteiger partial charge in [-0.2, -0.15) is 0 Å². The summed E-state index contributed by atoms with van der Waals surface area (Å²) in [6.45, 7) is 2.93. The van der Waals surface area contributed by atoms with E-state index in [2.05, 4.69) is 37.3 Å². The molecule has 0 heterocycles. The highest BCUT2D eigenvalue weighted by atomic mass is 16.6. The van der Waals surface area contributed by atoms with Gasteiger partial charge in [-0.05, 0) is 85.1 Å². The molecule has 0 radical (unpaired) electrons. The molecule has 2 saturated carbocycles. The Kier molecular flexibility index (Phi) is 4.96. The molecule has 2 aromatic rings. The maximum absolute atomic E-state index is 11.4. The van der Waals surface area contributed by atoms with E-state index >= 15 is 0 Å². The van der Waals surface area contributed by atoms with Crippen LogP contribution < -0.4 is 10.5 Å². The van der Waals surface area contributed by atoms with Crippen molar-refractivity contribution in [1.82, 2.24) is 0 Å². The fourth-order valence-electron chi connectivity index (χ4n) is 6.68. The summed E-state index contributed by atoms with van der Waals surface area (Å²) in [5.41, 5.74) is 9.58. The van der Waals surface area contributed by atoms with Crippen LogP contribution in [-0.4, -0.2) is 12.2 Å². The molecule has 0 spiro atoms. The van der Waals surface area contributed by atoms with Gasteiger partial charge in [0.2, 0.25) is 0 Å². The predicted octanol–water partition coefficient (Wildman–Crippen LogP) is 5.59. The molecule has 2 aromatic carbocycles. The summed E-state index contributed by atoms with van der Waals surface area (Å²) in [7, 11) is 0. The lowest BCUT2D eigenvalue weighted by atomic mass is 9.55. The molecule has 1 amide bonds. The lowest BCUT2D eigenvalue weighted by Gasteiger charge is -2.50. The van der Waals surface area contributed by atoms with Gasteiger partial charge in [0, 0.05) is 5.41 Å². The van der Waals surface area contributed by atoms with E-state index < -0.39 is 6.09 Å². The van der Waals surface area contributed by atoms with E-state index in [0.717, 1.165) is 37.9 Å². The molecule has 5 rings (SSSR count). The molecule has 30 heavy (non-hydrogen) atoms. The average Bonchev–Trinajstić information content (AvgIpc) is 3.08. The summed E-state index contributed by atoms with van der Waals surface area (Å²) in [6.07, 6.45) is 6.03.